The van der Waals surface area contributed by atoms with Gasteiger partial charge in [-0.2, -0.15) is 0 Å². The van der Waals surface area contributed by atoms with Gasteiger partial charge in [-0.05, 0) is 55.5 Å². The van der Waals surface area contributed by atoms with Crippen molar-refractivity contribution in [1.29, 1.82) is 0 Å². The predicted molar refractivity (Wildman–Crippen MR) is 113 cm³/mol. The number of aryl methyl sites for hydroxylation is 3. The van der Waals surface area contributed by atoms with E-state index >= 15 is 0 Å². The van der Waals surface area contributed by atoms with Crippen molar-refractivity contribution < 1.29 is 14.3 Å². The number of fused-ring (bicyclic) bond motifs is 3. The summed E-state index contributed by atoms with van der Waals surface area (Å²) in [6.07, 6.45) is 4.62. The number of carbonyl (C=O) groups is 1. The average Bonchev–Trinajstić information content (AvgIpc) is 3.33. The minimum atomic E-state index is -0.370. The van der Waals surface area contributed by atoms with Gasteiger partial charge in [-0.1, -0.05) is 6.92 Å². The molecular formula is C22H24N2O4S. The molecule has 0 N–H and O–H groups in total. The molecule has 6 nitrogen and oxygen atoms in total. The van der Waals surface area contributed by atoms with Crippen LogP contribution in [0.5, 0.6) is 5.75 Å². The highest BCUT2D eigenvalue weighted by Crippen LogP contribution is 2.34. The molecule has 0 amide bonds. The van der Waals surface area contributed by atoms with Crippen molar-refractivity contribution >= 4 is 27.5 Å². The van der Waals surface area contributed by atoms with Gasteiger partial charge in [-0.15, -0.1) is 11.3 Å². The van der Waals surface area contributed by atoms with Crippen molar-refractivity contribution in [2.75, 3.05) is 13.7 Å². The first-order valence-electron chi connectivity index (χ1n) is 9.97. The number of carbonyl (C=O) groups excluding carboxylic acids is 1. The third kappa shape index (κ3) is 3.79. The lowest BCUT2D eigenvalue weighted by Gasteiger charge is -2.12. The van der Waals surface area contributed by atoms with Crippen molar-refractivity contribution in [1.82, 2.24) is 9.55 Å². The Morgan fingerprint density at radius 1 is 1.24 bits per heavy atom. The maximum Gasteiger partial charge on any atom is 0.337 e. The van der Waals surface area contributed by atoms with E-state index in [9.17, 15) is 9.59 Å². The summed E-state index contributed by atoms with van der Waals surface area (Å²) in [5, 5.41) is 0.832. The minimum absolute atomic E-state index is 0.0914. The van der Waals surface area contributed by atoms with Crippen LogP contribution in [0.4, 0.5) is 0 Å². The van der Waals surface area contributed by atoms with Gasteiger partial charge in [0, 0.05) is 17.8 Å². The Hall–Kier alpha value is -2.67. The fourth-order valence-electron chi connectivity index (χ4n) is 3.84. The topological polar surface area (TPSA) is 70.4 Å². The summed E-state index contributed by atoms with van der Waals surface area (Å²) in [5.41, 5.74) is 1.80. The molecule has 7 heteroatoms. The monoisotopic (exact) mass is 412 g/mol. The summed E-state index contributed by atoms with van der Waals surface area (Å²) in [7, 11) is 1.36. The smallest absolute Gasteiger partial charge is 0.337 e. The molecule has 0 aliphatic heterocycles. The first-order chi connectivity index (χ1) is 14.1. The number of hydrogen-bond acceptors (Lipinski definition) is 6. The molecule has 29 heavy (non-hydrogen) atoms. The van der Waals surface area contributed by atoms with Crippen LogP contribution in [0.3, 0.4) is 0 Å². The average molecular weight is 413 g/mol. The van der Waals surface area contributed by atoms with Crippen molar-refractivity contribution in [3.63, 3.8) is 0 Å². The largest absolute Gasteiger partial charge is 0.494 e. The van der Waals surface area contributed by atoms with Gasteiger partial charge in [0.05, 0.1) is 24.7 Å². The molecule has 2 aromatic heterocycles. The number of hydrogen-bond donors (Lipinski definition) is 0. The Labute approximate surface area is 173 Å². The fourth-order valence-corrected chi connectivity index (χ4v) is 5.11. The van der Waals surface area contributed by atoms with Gasteiger partial charge in [-0.3, -0.25) is 9.36 Å². The molecule has 0 saturated carbocycles. The molecule has 1 aromatic carbocycles. The highest BCUT2D eigenvalue weighted by Gasteiger charge is 2.22. The lowest BCUT2D eigenvalue weighted by Crippen LogP contribution is -2.26. The quantitative estimate of drug-likeness (QED) is 0.436. The first kappa shape index (κ1) is 19.6. The zero-order chi connectivity index (χ0) is 20.4. The Morgan fingerprint density at radius 3 is 2.76 bits per heavy atom. The summed E-state index contributed by atoms with van der Waals surface area (Å²) >= 11 is 1.69. The lowest BCUT2D eigenvalue weighted by atomic mass is 10.2. The van der Waals surface area contributed by atoms with E-state index in [1.807, 2.05) is 11.5 Å². The second kappa shape index (κ2) is 8.37. The molecular weight excluding hydrogens is 388 g/mol. The highest BCUT2D eigenvalue weighted by molar-refractivity contribution is 7.18. The van der Waals surface area contributed by atoms with Gasteiger partial charge in [0.2, 0.25) is 0 Å². The summed E-state index contributed by atoms with van der Waals surface area (Å²) in [6, 6.07) is 6.85. The van der Waals surface area contributed by atoms with E-state index < -0.39 is 0 Å². The molecule has 0 unspecified atom stereocenters. The van der Waals surface area contributed by atoms with Crippen LogP contribution in [0.15, 0.2) is 29.1 Å². The number of rotatable bonds is 7. The van der Waals surface area contributed by atoms with Gasteiger partial charge >= 0.3 is 5.97 Å². The zero-order valence-corrected chi connectivity index (χ0v) is 17.5. The molecule has 3 aromatic rings. The highest BCUT2D eigenvalue weighted by atomic mass is 32.1. The molecule has 1 aliphatic carbocycles. The van der Waals surface area contributed by atoms with E-state index in [4.69, 9.17) is 14.5 Å². The Balaban J connectivity index is 1.45. The molecule has 1 aliphatic rings. The Bertz CT molecular complexity index is 1100. The summed E-state index contributed by atoms with van der Waals surface area (Å²) < 4.78 is 12.3. The van der Waals surface area contributed by atoms with Crippen LogP contribution in [-0.2, 0) is 30.5 Å². The van der Waals surface area contributed by atoms with E-state index in [0.717, 1.165) is 41.7 Å². The fraction of sp³-hybridized carbons (Fsp3) is 0.409. The number of benzene rings is 1. The van der Waals surface area contributed by atoms with Crippen LogP contribution < -0.4 is 10.3 Å². The summed E-state index contributed by atoms with van der Waals surface area (Å²) in [4.78, 5) is 31.7. The van der Waals surface area contributed by atoms with Gasteiger partial charge in [0.15, 0.2) is 0 Å². The molecule has 152 valence electrons. The van der Waals surface area contributed by atoms with E-state index in [1.165, 1.54) is 17.6 Å². The third-order valence-corrected chi connectivity index (χ3v) is 6.48. The molecule has 0 fully saturated rings. The Kier molecular flexibility index (Phi) is 5.67. The van der Waals surface area contributed by atoms with Crippen LogP contribution >= 0.6 is 11.3 Å². The van der Waals surface area contributed by atoms with Crippen LogP contribution in [-0.4, -0.2) is 29.2 Å². The SMILES string of the molecule is CCc1nc2sc3c(c2c(=O)n1CCCOc1ccc(C(=O)OC)cc1)CCC3. The second-order valence-electron chi connectivity index (χ2n) is 7.09. The van der Waals surface area contributed by atoms with Gasteiger partial charge in [-0.25, -0.2) is 9.78 Å². The minimum Gasteiger partial charge on any atom is -0.494 e. The second-order valence-corrected chi connectivity index (χ2v) is 8.18. The van der Waals surface area contributed by atoms with E-state index in [0.29, 0.717) is 30.9 Å². The van der Waals surface area contributed by atoms with Crippen molar-refractivity contribution in [2.45, 2.75) is 45.6 Å². The van der Waals surface area contributed by atoms with Crippen molar-refractivity contribution in [2.24, 2.45) is 0 Å². The van der Waals surface area contributed by atoms with Crippen molar-refractivity contribution in [3.05, 3.63) is 56.4 Å². The molecule has 0 atom stereocenters. The normalized spacial score (nSPS) is 12.9. The summed E-state index contributed by atoms with van der Waals surface area (Å²) in [6.45, 7) is 3.09. The molecule has 2 heterocycles. The van der Waals surface area contributed by atoms with E-state index in [-0.39, 0.29) is 11.5 Å². The molecule has 4 rings (SSSR count). The number of esters is 1. The van der Waals surface area contributed by atoms with Gasteiger partial charge < -0.3 is 9.47 Å². The van der Waals surface area contributed by atoms with E-state index in [1.54, 1.807) is 35.6 Å². The molecule has 0 saturated heterocycles. The maximum atomic E-state index is 13.2. The molecule has 0 spiro atoms. The van der Waals surface area contributed by atoms with Crippen LogP contribution in [0.25, 0.3) is 10.2 Å². The zero-order valence-electron chi connectivity index (χ0n) is 16.7. The number of ether oxygens (including phenoxy) is 2. The number of aromatic nitrogens is 2. The van der Waals surface area contributed by atoms with E-state index in [2.05, 4.69) is 0 Å². The standard InChI is InChI=1S/C22H24N2O4S/c1-3-18-23-20-19(16-6-4-7-17(16)29-20)21(25)24(18)12-5-13-28-15-10-8-14(9-11-15)22(26)27-2/h8-11H,3-7,12-13H2,1-2H3. The van der Waals surface area contributed by atoms with Crippen molar-refractivity contribution in [3.8, 4) is 5.75 Å². The number of nitrogens with zero attached hydrogens (tertiary/aromatic N) is 2. The van der Waals surface area contributed by atoms with Crippen LogP contribution in [0.1, 0.15) is 46.4 Å². The third-order valence-electron chi connectivity index (χ3n) is 5.29. The lowest BCUT2D eigenvalue weighted by molar-refractivity contribution is 0.0600. The number of methoxy groups -OCH3 is 1. The van der Waals surface area contributed by atoms with Crippen LogP contribution in [0, 0.1) is 0 Å². The molecule has 0 bridgehead atoms. The number of thiophene rings is 1. The maximum absolute atomic E-state index is 13.2. The summed E-state index contributed by atoms with van der Waals surface area (Å²) in [5.74, 6) is 1.15. The molecule has 0 radical (unpaired) electrons. The van der Waals surface area contributed by atoms with Gasteiger partial charge in [0.1, 0.15) is 16.4 Å². The van der Waals surface area contributed by atoms with Gasteiger partial charge in [0.25, 0.3) is 5.56 Å². The predicted octanol–water partition coefficient (Wildman–Crippen LogP) is 3.76. The van der Waals surface area contributed by atoms with Crippen LogP contribution in [0.2, 0.25) is 0 Å². The Morgan fingerprint density at radius 2 is 2.03 bits per heavy atom. The first-order valence-corrected chi connectivity index (χ1v) is 10.8.